The van der Waals surface area contributed by atoms with Crippen LogP contribution in [0, 0.1) is 0 Å². The van der Waals surface area contributed by atoms with Crippen molar-refractivity contribution in [1.29, 1.82) is 0 Å². The fourth-order valence-electron chi connectivity index (χ4n) is 7.37. The predicted octanol–water partition coefficient (Wildman–Crippen LogP) is 10.9. The molecule has 0 spiro atoms. The van der Waals surface area contributed by atoms with E-state index in [-0.39, 0.29) is 5.54 Å². The standard InChI is InChI=1S/C42H31N3/c1-42(26-10-3-11-27-42)45-37-22-9-6-18-32(37)33-24-25-38-40(41(33)45)34-19-7-8-21-36(34)44(38)39-23-13-20-35(43-39)31-17-12-16-30(28-31)29-14-4-2-5-15-29/h2-26,28H,27H2,1H3. The van der Waals surface area contributed by atoms with E-state index in [9.17, 15) is 0 Å². The second-order valence-electron chi connectivity index (χ2n) is 12.2. The van der Waals surface area contributed by atoms with Crippen molar-refractivity contribution in [3.63, 3.8) is 0 Å². The lowest BCUT2D eigenvalue weighted by Gasteiger charge is -2.31. The van der Waals surface area contributed by atoms with Gasteiger partial charge in [0.2, 0.25) is 0 Å². The summed E-state index contributed by atoms with van der Waals surface area (Å²) < 4.78 is 4.92. The molecule has 1 aliphatic carbocycles. The maximum absolute atomic E-state index is 5.31. The van der Waals surface area contributed by atoms with E-state index in [4.69, 9.17) is 4.98 Å². The average molecular weight is 578 g/mol. The predicted molar refractivity (Wildman–Crippen MR) is 189 cm³/mol. The molecule has 9 rings (SSSR count). The van der Waals surface area contributed by atoms with Gasteiger partial charge in [-0.25, -0.2) is 4.98 Å². The molecule has 1 atom stereocenters. The number of rotatable bonds is 4. The highest BCUT2D eigenvalue weighted by Crippen LogP contribution is 2.44. The molecule has 0 radical (unpaired) electrons. The maximum atomic E-state index is 5.31. The second kappa shape index (κ2) is 9.93. The van der Waals surface area contributed by atoms with E-state index in [1.54, 1.807) is 0 Å². The minimum Gasteiger partial charge on any atom is -0.330 e. The minimum atomic E-state index is -0.185. The minimum absolute atomic E-state index is 0.185. The molecule has 0 amide bonds. The van der Waals surface area contributed by atoms with Crippen molar-refractivity contribution in [1.82, 2.24) is 14.1 Å². The molecule has 3 nitrogen and oxygen atoms in total. The summed E-state index contributed by atoms with van der Waals surface area (Å²) in [6, 6.07) is 47.8. The van der Waals surface area contributed by atoms with Crippen LogP contribution in [0.5, 0.6) is 0 Å². The highest BCUT2D eigenvalue weighted by atomic mass is 15.1. The number of nitrogens with zero attached hydrogens (tertiary/aromatic N) is 3. The lowest BCUT2D eigenvalue weighted by atomic mass is 9.92. The fraction of sp³-hybridized carbons (Fsp3) is 0.0714. The Morgan fingerprint density at radius 1 is 0.578 bits per heavy atom. The molecule has 0 N–H and O–H groups in total. The summed E-state index contributed by atoms with van der Waals surface area (Å²) in [5.74, 6) is 0.914. The Bertz CT molecular complexity index is 2470. The van der Waals surface area contributed by atoms with E-state index in [2.05, 4.69) is 174 Å². The van der Waals surface area contributed by atoms with E-state index in [0.717, 1.165) is 34.5 Å². The first-order valence-electron chi connectivity index (χ1n) is 15.6. The van der Waals surface area contributed by atoms with E-state index in [1.165, 1.54) is 43.7 Å². The Morgan fingerprint density at radius 3 is 2.16 bits per heavy atom. The van der Waals surface area contributed by atoms with Gasteiger partial charge < -0.3 is 4.57 Å². The van der Waals surface area contributed by atoms with E-state index < -0.39 is 0 Å². The van der Waals surface area contributed by atoms with Crippen molar-refractivity contribution in [3.8, 4) is 28.2 Å². The maximum Gasteiger partial charge on any atom is 0.138 e. The summed E-state index contributed by atoms with van der Waals surface area (Å²) >= 11 is 0. The van der Waals surface area contributed by atoms with Gasteiger partial charge in [0.15, 0.2) is 0 Å². The molecule has 3 heterocycles. The number of hydrogen-bond acceptors (Lipinski definition) is 1. The third kappa shape index (κ3) is 3.94. The largest absolute Gasteiger partial charge is 0.330 e. The Morgan fingerprint density at radius 2 is 1.31 bits per heavy atom. The monoisotopic (exact) mass is 577 g/mol. The molecule has 5 aromatic carbocycles. The normalized spacial score (nSPS) is 16.4. The summed E-state index contributed by atoms with van der Waals surface area (Å²) in [5, 5.41) is 5.07. The summed E-state index contributed by atoms with van der Waals surface area (Å²) in [6.07, 6.45) is 9.93. The highest BCUT2D eigenvalue weighted by Gasteiger charge is 2.29. The first kappa shape index (κ1) is 25.8. The van der Waals surface area contributed by atoms with E-state index >= 15 is 0 Å². The summed E-state index contributed by atoms with van der Waals surface area (Å²) in [4.78, 5) is 5.31. The number of aromatic nitrogens is 3. The smallest absolute Gasteiger partial charge is 0.138 e. The first-order chi connectivity index (χ1) is 22.2. The van der Waals surface area contributed by atoms with Crippen LogP contribution >= 0.6 is 0 Å². The Hall–Kier alpha value is -5.67. The molecule has 1 unspecified atom stereocenters. The molecule has 3 heteroatoms. The summed E-state index contributed by atoms with van der Waals surface area (Å²) in [5.41, 5.74) is 9.12. The van der Waals surface area contributed by atoms with E-state index in [1.807, 2.05) is 0 Å². The zero-order chi connectivity index (χ0) is 30.0. The van der Waals surface area contributed by atoms with Crippen LogP contribution in [0.4, 0.5) is 0 Å². The molecule has 0 saturated carbocycles. The lowest BCUT2D eigenvalue weighted by molar-refractivity contribution is 0.438. The van der Waals surface area contributed by atoms with Gasteiger partial charge in [0.05, 0.1) is 27.8 Å². The molecule has 3 aromatic heterocycles. The Kier molecular flexibility index (Phi) is 5.69. The third-order valence-electron chi connectivity index (χ3n) is 9.44. The van der Waals surface area contributed by atoms with E-state index in [0.29, 0.717) is 0 Å². The van der Waals surface area contributed by atoms with Gasteiger partial charge in [0, 0.05) is 32.6 Å². The molecule has 45 heavy (non-hydrogen) atoms. The van der Waals surface area contributed by atoms with Crippen molar-refractivity contribution in [2.24, 2.45) is 0 Å². The number of para-hydroxylation sites is 2. The molecule has 214 valence electrons. The summed E-state index contributed by atoms with van der Waals surface area (Å²) in [7, 11) is 0. The lowest BCUT2D eigenvalue weighted by Crippen LogP contribution is -2.27. The molecule has 0 saturated heterocycles. The van der Waals surface area contributed by atoms with Crippen LogP contribution in [0.1, 0.15) is 13.3 Å². The van der Waals surface area contributed by atoms with Gasteiger partial charge in [-0.3, -0.25) is 4.57 Å². The second-order valence-corrected chi connectivity index (χ2v) is 12.2. The van der Waals surface area contributed by atoms with Gasteiger partial charge in [-0.2, -0.15) is 0 Å². The number of hydrogen-bond donors (Lipinski definition) is 0. The zero-order valence-corrected chi connectivity index (χ0v) is 25.1. The SMILES string of the molecule is CC1(n2c3ccccc3c3ccc4c(c5ccccc5n4-c4cccc(-c5cccc(-c6ccccc6)c5)n4)c32)C=CC=CC1. The number of allylic oxidation sites excluding steroid dienone is 4. The molecule has 0 fully saturated rings. The van der Waals surface area contributed by atoms with Crippen LogP contribution in [-0.4, -0.2) is 14.1 Å². The van der Waals surface area contributed by atoms with Gasteiger partial charge >= 0.3 is 0 Å². The molecule has 0 aliphatic heterocycles. The number of pyridine rings is 1. The van der Waals surface area contributed by atoms with Crippen molar-refractivity contribution in [2.75, 3.05) is 0 Å². The van der Waals surface area contributed by atoms with Crippen LogP contribution in [0.25, 0.3) is 71.8 Å². The number of fused-ring (bicyclic) bond motifs is 7. The van der Waals surface area contributed by atoms with Gasteiger partial charge in [0.1, 0.15) is 5.82 Å². The summed E-state index contributed by atoms with van der Waals surface area (Å²) in [6.45, 7) is 2.35. The number of benzene rings is 5. The molecule has 8 aromatic rings. The zero-order valence-electron chi connectivity index (χ0n) is 25.1. The van der Waals surface area contributed by atoms with Crippen molar-refractivity contribution in [2.45, 2.75) is 18.9 Å². The van der Waals surface area contributed by atoms with Crippen molar-refractivity contribution in [3.05, 3.63) is 158 Å². The first-order valence-corrected chi connectivity index (χ1v) is 15.6. The van der Waals surface area contributed by atoms with Gasteiger partial charge in [-0.05, 0) is 60.9 Å². The fourth-order valence-corrected chi connectivity index (χ4v) is 7.37. The highest BCUT2D eigenvalue weighted by molar-refractivity contribution is 6.25. The Balaban J connectivity index is 1.32. The topological polar surface area (TPSA) is 22.8 Å². The molecular weight excluding hydrogens is 546 g/mol. The quantitative estimate of drug-likeness (QED) is 0.204. The third-order valence-corrected chi connectivity index (χ3v) is 9.44. The van der Waals surface area contributed by atoms with Crippen LogP contribution in [0.3, 0.4) is 0 Å². The van der Waals surface area contributed by atoms with Crippen molar-refractivity contribution >= 4 is 43.6 Å². The van der Waals surface area contributed by atoms with Gasteiger partial charge in [-0.1, -0.05) is 121 Å². The average Bonchev–Trinajstić information content (AvgIpc) is 3.63. The van der Waals surface area contributed by atoms with Crippen LogP contribution in [0.15, 0.2) is 158 Å². The molecular formula is C42H31N3. The van der Waals surface area contributed by atoms with Crippen LogP contribution in [0.2, 0.25) is 0 Å². The Labute approximate surface area is 262 Å². The van der Waals surface area contributed by atoms with Crippen LogP contribution < -0.4 is 0 Å². The van der Waals surface area contributed by atoms with Gasteiger partial charge in [0.25, 0.3) is 0 Å². The van der Waals surface area contributed by atoms with Crippen molar-refractivity contribution < 1.29 is 0 Å². The molecule has 0 bridgehead atoms. The molecule has 1 aliphatic rings. The van der Waals surface area contributed by atoms with Crippen LogP contribution in [-0.2, 0) is 5.54 Å². The van der Waals surface area contributed by atoms with Gasteiger partial charge in [-0.15, -0.1) is 0 Å².